The molecule has 0 aliphatic rings. The van der Waals surface area contributed by atoms with Gasteiger partial charge in [-0.05, 0) is 19.8 Å². The molecule has 0 aliphatic carbocycles. The first-order chi connectivity index (χ1) is 6.43. The normalized spacial score (nSPS) is 14.3. The molecule has 0 radical (unpaired) electrons. The van der Waals surface area contributed by atoms with Crippen molar-refractivity contribution in [2.75, 3.05) is 13.2 Å². The maximum absolute atomic E-state index is 11.0. The molecule has 0 aromatic carbocycles. The van der Waals surface area contributed by atoms with Gasteiger partial charge in [-0.25, -0.2) is 0 Å². The van der Waals surface area contributed by atoms with Crippen molar-refractivity contribution in [3.05, 3.63) is 0 Å². The fourth-order valence-electron chi connectivity index (χ4n) is 0.809. The highest BCUT2D eigenvalue weighted by atomic mass is 35.5. The number of esters is 1. The highest BCUT2D eigenvalue weighted by Crippen LogP contribution is 1.98. The Morgan fingerprint density at radius 2 is 1.73 bits per heavy atom. The number of carbonyl (C=O) groups excluding carboxylic acids is 1. The van der Waals surface area contributed by atoms with Gasteiger partial charge in [0.05, 0.1) is 6.61 Å². The molecule has 5 heteroatoms. The van der Waals surface area contributed by atoms with E-state index in [1.165, 1.54) is 0 Å². The monoisotopic (exact) mass is 239 g/mol. The van der Waals surface area contributed by atoms with Crippen LogP contribution in [0.4, 0.5) is 0 Å². The molecule has 0 aromatic rings. The Morgan fingerprint density at radius 3 is 2.13 bits per heavy atom. The SMILES string of the molecule is CC(C)COC[C@H](C)OC(=O)[C@H](C)N.Cl. The Bertz CT molecular complexity index is 174. The third kappa shape index (κ3) is 9.97. The molecule has 0 aromatic heterocycles. The van der Waals surface area contributed by atoms with Crippen molar-refractivity contribution in [1.29, 1.82) is 0 Å². The molecule has 2 N–H and O–H groups in total. The highest BCUT2D eigenvalue weighted by molar-refractivity contribution is 5.85. The van der Waals surface area contributed by atoms with Gasteiger partial charge in [0.1, 0.15) is 12.1 Å². The van der Waals surface area contributed by atoms with Gasteiger partial charge >= 0.3 is 5.97 Å². The molecule has 0 heterocycles. The van der Waals surface area contributed by atoms with Crippen LogP contribution in [0.25, 0.3) is 0 Å². The summed E-state index contributed by atoms with van der Waals surface area (Å²) in [6, 6.07) is -0.567. The molecule has 0 fully saturated rings. The summed E-state index contributed by atoms with van der Waals surface area (Å²) in [5.74, 6) is 0.108. The van der Waals surface area contributed by atoms with Gasteiger partial charge in [0.15, 0.2) is 0 Å². The summed E-state index contributed by atoms with van der Waals surface area (Å²) < 4.78 is 10.3. The fourth-order valence-corrected chi connectivity index (χ4v) is 0.809. The maximum atomic E-state index is 11.0. The fraction of sp³-hybridized carbons (Fsp3) is 0.900. The number of hydrogen-bond donors (Lipinski definition) is 1. The van der Waals surface area contributed by atoms with Crippen LogP contribution >= 0.6 is 12.4 Å². The van der Waals surface area contributed by atoms with Crippen molar-refractivity contribution in [1.82, 2.24) is 0 Å². The molecular formula is C10H22ClNO3. The summed E-state index contributed by atoms with van der Waals surface area (Å²) in [7, 11) is 0. The minimum atomic E-state index is -0.567. The molecule has 0 aliphatic heterocycles. The molecule has 0 bridgehead atoms. The van der Waals surface area contributed by atoms with Crippen molar-refractivity contribution in [2.45, 2.75) is 39.8 Å². The van der Waals surface area contributed by atoms with Crippen LogP contribution in [0.2, 0.25) is 0 Å². The van der Waals surface area contributed by atoms with Crippen LogP contribution in [0.3, 0.4) is 0 Å². The Hall–Kier alpha value is -0.320. The molecule has 15 heavy (non-hydrogen) atoms. The zero-order valence-electron chi connectivity index (χ0n) is 9.86. The van der Waals surface area contributed by atoms with Crippen molar-refractivity contribution in [3.8, 4) is 0 Å². The van der Waals surface area contributed by atoms with Crippen LogP contribution in [0.15, 0.2) is 0 Å². The molecule has 92 valence electrons. The van der Waals surface area contributed by atoms with Crippen molar-refractivity contribution < 1.29 is 14.3 Å². The zero-order chi connectivity index (χ0) is 11.1. The summed E-state index contributed by atoms with van der Waals surface area (Å²) >= 11 is 0. The third-order valence-corrected chi connectivity index (χ3v) is 1.49. The van der Waals surface area contributed by atoms with Crippen molar-refractivity contribution >= 4 is 18.4 Å². The number of nitrogens with two attached hydrogens (primary N) is 1. The lowest BCUT2D eigenvalue weighted by Gasteiger charge is -2.15. The average molecular weight is 240 g/mol. The predicted molar refractivity (Wildman–Crippen MR) is 62.1 cm³/mol. The van der Waals surface area contributed by atoms with Gasteiger partial charge in [-0.1, -0.05) is 13.8 Å². The third-order valence-electron chi connectivity index (χ3n) is 1.49. The largest absolute Gasteiger partial charge is 0.459 e. The standard InChI is InChI=1S/C10H21NO3.ClH/c1-7(2)5-13-6-8(3)14-10(12)9(4)11;/h7-9H,5-6,11H2,1-4H3;1H/t8-,9-;/m0./s1. The van der Waals surface area contributed by atoms with Crippen LogP contribution in [0.5, 0.6) is 0 Å². The van der Waals surface area contributed by atoms with Gasteiger partial charge in [0, 0.05) is 6.61 Å². The summed E-state index contributed by atoms with van der Waals surface area (Å²) in [5.41, 5.74) is 5.35. The maximum Gasteiger partial charge on any atom is 0.322 e. The first kappa shape index (κ1) is 17.1. The first-order valence-electron chi connectivity index (χ1n) is 4.97. The number of ether oxygens (including phenoxy) is 2. The second-order valence-corrected chi connectivity index (χ2v) is 3.97. The zero-order valence-corrected chi connectivity index (χ0v) is 10.7. The minimum Gasteiger partial charge on any atom is -0.459 e. The van der Waals surface area contributed by atoms with Crippen LogP contribution < -0.4 is 5.73 Å². The molecule has 0 rings (SSSR count). The average Bonchev–Trinajstić information content (AvgIpc) is 2.02. The minimum absolute atomic E-state index is 0. The van der Waals surface area contributed by atoms with Crippen LogP contribution in [-0.2, 0) is 14.3 Å². The number of carbonyl (C=O) groups is 1. The molecule has 0 amide bonds. The molecule has 2 atom stereocenters. The van der Waals surface area contributed by atoms with E-state index in [1.54, 1.807) is 13.8 Å². The smallest absolute Gasteiger partial charge is 0.322 e. The van der Waals surface area contributed by atoms with Gasteiger partial charge in [-0.2, -0.15) is 0 Å². The summed E-state index contributed by atoms with van der Waals surface area (Å²) in [4.78, 5) is 11.0. The van der Waals surface area contributed by atoms with Crippen LogP contribution in [0, 0.1) is 5.92 Å². The quantitative estimate of drug-likeness (QED) is 0.711. The Balaban J connectivity index is 0. The topological polar surface area (TPSA) is 61.5 Å². The molecular weight excluding hydrogens is 218 g/mol. The lowest BCUT2D eigenvalue weighted by Crippen LogP contribution is -2.33. The van der Waals surface area contributed by atoms with E-state index in [1.807, 2.05) is 0 Å². The number of rotatable bonds is 6. The highest BCUT2D eigenvalue weighted by Gasteiger charge is 2.13. The van der Waals surface area contributed by atoms with E-state index >= 15 is 0 Å². The molecule has 4 nitrogen and oxygen atoms in total. The van der Waals surface area contributed by atoms with Gasteiger partial charge in [0.25, 0.3) is 0 Å². The van der Waals surface area contributed by atoms with E-state index < -0.39 is 6.04 Å². The van der Waals surface area contributed by atoms with E-state index in [0.717, 1.165) is 0 Å². The molecule has 0 saturated carbocycles. The molecule has 0 unspecified atom stereocenters. The van der Waals surface area contributed by atoms with E-state index in [4.69, 9.17) is 15.2 Å². The van der Waals surface area contributed by atoms with Gasteiger partial charge in [0.2, 0.25) is 0 Å². The van der Waals surface area contributed by atoms with Gasteiger partial charge in [-0.15, -0.1) is 12.4 Å². The van der Waals surface area contributed by atoms with Crippen molar-refractivity contribution in [2.24, 2.45) is 11.7 Å². The van der Waals surface area contributed by atoms with E-state index in [2.05, 4.69) is 13.8 Å². The van der Waals surface area contributed by atoms with E-state index in [9.17, 15) is 4.79 Å². The number of hydrogen-bond acceptors (Lipinski definition) is 4. The summed E-state index contributed by atoms with van der Waals surface area (Å²) in [6.45, 7) is 8.64. The summed E-state index contributed by atoms with van der Waals surface area (Å²) in [6.07, 6.45) is -0.229. The van der Waals surface area contributed by atoms with Crippen molar-refractivity contribution in [3.63, 3.8) is 0 Å². The predicted octanol–water partition coefficient (Wildman–Crippen LogP) is 1.36. The van der Waals surface area contributed by atoms with E-state index in [0.29, 0.717) is 19.1 Å². The second kappa shape index (κ2) is 8.95. The van der Waals surface area contributed by atoms with Crippen LogP contribution in [-0.4, -0.2) is 31.3 Å². The van der Waals surface area contributed by atoms with Gasteiger partial charge in [-0.3, -0.25) is 4.79 Å². The van der Waals surface area contributed by atoms with Crippen LogP contribution in [0.1, 0.15) is 27.7 Å². The Labute approximate surface area is 97.9 Å². The Kier molecular flexibility index (Phi) is 10.2. The number of halogens is 1. The second-order valence-electron chi connectivity index (χ2n) is 3.97. The Morgan fingerprint density at radius 1 is 1.20 bits per heavy atom. The lowest BCUT2D eigenvalue weighted by atomic mass is 10.2. The first-order valence-corrected chi connectivity index (χ1v) is 4.97. The summed E-state index contributed by atoms with van der Waals surface area (Å²) in [5, 5.41) is 0. The molecule has 0 spiro atoms. The molecule has 0 saturated heterocycles. The van der Waals surface area contributed by atoms with Gasteiger partial charge < -0.3 is 15.2 Å². The lowest BCUT2D eigenvalue weighted by molar-refractivity contribution is -0.152. The van der Waals surface area contributed by atoms with E-state index in [-0.39, 0.29) is 24.5 Å².